The molecule has 0 aliphatic carbocycles. The van der Waals surface area contributed by atoms with Crippen LogP contribution in [0.4, 0.5) is 0 Å². The van der Waals surface area contributed by atoms with Crippen molar-refractivity contribution in [2.75, 3.05) is 19.6 Å². The molecule has 0 radical (unpaired) electrons. The predicted octanol–water partition coefficient (Wildman–Crippen LogP) is 4.69. The first kappa shape index (κ1) is 19.3. The van der Waals surface area contributed by atoms with Gasteiger partial charge in [0.25, 0.3) is 0 Å². The van der Waals surface area contributed by atoms with E-state index in [0.717, 1.165) is 24.5 Å². The molecule has 4 saturated heterocycles. The first-order valence-corrected chi connectivity index (χ1v) is 11.8. The maximum Gasteiger partial charge on any atom is 0.0807 e. The minimum absolute atomic E-state index is 0.145. The summed E-state index contributed by atoms with van der Waals surface area (Å²) in [5.41, 5.74) is 4.82. The van der Waals surface area contributed by atoms with Gasteiger partial charge in [-0.3, -0.25) is 9.88 Å². The van der Waals surface area contributed by atoms with Gasteiger partial charge in [0.15, 0.2) is 0 Å². The maximum atomic E-state index is 6.37. The van der Waals surface area contributed by atoms with Gasteiger partial charge in [0.1, 0.15) is 0 Å². The molecular weight excluding hydrogens is 398 g/mol. The number of rotatable bonds is 4. The van der Waals surface area contributed by atoms with Crippen molar-refractivity contribution in [3.8, 4) is 11.1 Å². The van der Waals surface area contributed by atoms with Gasteiger partial charge < -0.3 is 5.32 Å². The van der Waals surface area contributed by atoms with Gasteiger partial charge in [-0.1, -0.05) is 72.9 Å². The minimum Gasteiger partial charge on any atom is -0.311 e. The summed E-state index contributed by atoms with van der Waals surface area (Å²) in [7, 11) is 0. The molecule has 3 atom stereocenters. The number of nitrogens with zero attached hydrogens (tertiary/aromatic N) is 2. The van der Waals surface area contributed by atoms with Gasteiger partial charge in [-0.15, -0.1) is 0 Å². The first-order valence-electron chi connectivity index (χ1n) is 11.4. The Morgan fingerprint density at radius 2 is 1.68 bits per heavy atom. The Balaban J connectivity index is 1.42. The summed E-state index contributed by atoms with van der Waals surface area (Å²) in [6.07, 6.45) is 6.45. The fourth-order valence-corrected chi connectivity index (χ4v) is 6.93. The third-order valence-electron chi connectivity index (χ3n) is 7.79. The highest BCUT2D eigenvalue weighted by Gasteiger charge is 2.63. The molecule has 4 heteroatoms. The number of piperidine rings is 3. The lowest BCUT2D eigenvalue weighted by atomic mass is 9.63. The highest BCUT2D eigenvalue weighted by atomic mass is 32.1. The molecule has 4 aliphatic rings. The number of pyridine rings is 1. The van der Waals surface area contributed by atoms with Crippen LogP contribution in [0.1, 0.15) is 29.9 Å². The van der Waals surface area contributed by atoms with E-state index in [1.807, 2.05) is 12.4 Å². The third-order valence-corrected chi connectivity index (χ3v) is 8.35. The van der Waals surface area contributed by atoms with Gasteiger partial charge in [-0.2, -0.15) is 0 Å². The van der Waals surface area contributed by atoms with Crippen LogP contribution in [0.2, 0.25) is 0 Å². The van der Waals surface area contributed by atoms with E-state index in [1.54, 1.807) is 0 Å². The van der Waals surface area contributed by atoms with E-state index in [-0.39, 0.29) is 5.54 Å². The number of benzene rings is 2. The minimum atomic E-state index is -0.145. The van der Waals surface area contributed by atoms with Crippen molar-refractivity contribution >= 4 is 17.1 Å². The Hall–Kier alpha value is -2.40. The molecule has 1 aromatic heterocycles. The van der Waals surface area contributed by atoms with E-state index in [0.29, 0.717) is 17.9 Å². The van der Waals surface area contributed by atoms with Crippen molar-refractivity contribution in [2.24, 2.45) is 5.92 Å². The van der Waals surface area contributed by atoms with Crippen molar-refractivity contribution in [1.82, 2.24) is 15.2 Å². The Bertz CT molecular complexity index is 1070. The number of aromatic nitrogens is 1. The molecule has 0 spiro atoms. The van der Waals surface area contributed by atoms with Crippen LogP contribution in [0.3, 0.4) is 0 Å². The lowest BCUT2D eigenvalue weighted by Gasteiger charge is -2.58. The second-order valence-electron chi connectivity index (χ2n) is 9.15. The summed E-state index contributed by atoms with van der Waals surface area (Å²) >= 11 is 6.37. The smallest absolute Gasteiger partial charge is 0.0807 e. The maximum absolute atomic E-state index is 6.37. The number of fused-ring (bicyclic) bond motifs is 2. The fraction of sp³-hybridized carbons (Fsp3) is 0.333. The van der Waals surface area contributed by atoms with Crippen LogP contribution in [0.15, 0.2) is 79.1 Å². The Kier molecular flexibility index (Phi) is 4.75. The second kappa shape index (κ2) is 7.63. The van der Waals surface area contributed by atoms with E-state index in [1.165, 1.54) is 35.1 Å². The van der Waals surface area contributed by atoms with Gasteiger partial charge in [-0.25, -0.2) is 0 Å². The van der Waals surface area contributed by atoms with Crippen molar-refractivity contribution in [2.45, 2.75) is 30.3 Å². The van der Waals surface area contributed by atoms with E-state index in [2.05, 4.69) is 81.9 Å². The van der Waals surface area contributed by atoms with Gasteiger partial charge in [0, 0.05) is 35.8 Å². The molecule has 31 heavy (non-hydrogen) atoms. The van der Waals surface area contributed by atoms with Crippen molar-refractivity contribution in [1.29, 1.82) is 0 Å². The topological polar surface area (TPSA) is 28.2 Å². The largest absolute Gasteiger partial charge is 0.311 e. The quantitative estimate of drug-likeness (QED) is 0.485. The van der Waals surface area contributed by atoms with Crippen LogP contribution in [0.25, 0.3) is 11.1 Å². The highest BCUT2D eigenvalue weighted by molar-refractivity contribution is 7.81. The molecule has 3 nitrogen and oxygen atoms in total. The summed E-state index contributed by atoms with van der Waals surface area (Å²) in [6.45, 7) is 3.25. The van der Waals surface area contributed by atoms with Crippen LogP contribution < -0.4 is 5.32 Å². The normalized spacial score (nSPS) is 31.4. The molecule has 3 aromatic rings. The van der Waals surface area contributed by atoms with E-state index in [4.69, 9.17) is 12.2 Å². The fourth-order valence-electron chi connectivity index (χ4n) is 6.39. The molecule has 5 heterocycles. The van der Waals surface area contributed by atoms with Crippen LogP contribution in [-0.4, -0.2) is 46.0 Å². The highest BCUT2D eigenvalue weighted by Crippen LogP contribution is 2.52. The van der Waals surface area contributed by atoms with Gasteiger partial charge in [0.05, 0.1) is 5.54 Å². The van der Waals surface area contributed by atoms with Crippen LogP contribution >= 0.6 is 12.2 Å². The number of hydrogen-bond donors (Lipinski definition) is 1. The zero-order valence-electron chi connectivity index (χ0n) is 17.6. The molecular formula is C27H27N3S. The molecule has 0 amide bonds. The number of hydrogen-bond acceptors (Lipinski definition) is 4. The average molecular weight is 426 g/mol. The van der Waals surface area contributed by atoms with Crippen molar-refractivity contribution in [3.05, 3.63) is 90.3 Å². The Morgan fingerprint density at radius 3 is 2.39 bits per heavy atom. The van der Waals surface area contributed by atoms with E-state index in [9.17, 15) is 0 Å². The first-order chi connectivity index (χ1) is 15.3. The van der Waals surface area contributed by atoms with Crippen molar-refractivity contribution in [3.63, 3.8) is 0 Å². The van der Waals surface area contributed by atoms with Crippen LogP contribution in [0.5, 0.6) is 0 Å². The third kappa shape index (κ3) is 2.93. The van der Waals surface area contributed by atoms with Gasteiger partial charge >= 0.3 is 0 Å². The summed E-state index contributed by atoms with van der Waals surface area (Å²) < 4.78 is 0. The summed E-state index contributed by atoms with van der Waals surface area (Å²) in [5, 5.41) is 3.91. The second-order valence-corrected chi connectivity index (χ2v) is 9.56. The average Bonchev–Trinajstić information content (AvgIpc) is 3.29. The van der Waals surface area contributed by atoms with E-state index < -0.39 is 0 Å². The van der Waals surface area contributed by atoms with Crippen LogP contribution in [0, 0.1) is 5.92 Å². The molecule has 7 rings (SSSR count). The Labute approximate surface area is 189 Å². The van der Waals surface area contributed by atoms with E-state index >= 15 is 0 Å². The zero-order valence-corrected chi connectivity index (χ0v) is 18.4. The van der Waals surface area contributed by atoms with Crippen molar-refractivity contribution < 1.29 is 0 Å². The summed E-state index contributed by atoms with van der Waals surface area (Å²) in [6, 6.07) is 24.2. The molecule has 4 fully saturated rings. The van der Waals surface area contributed by atoms with Crippen LogP contribution in [-0.2, 0) is 0 Å². The molecule has 2 bridgehead atoms. The van der Waals surface area contributed by atoms with Gasteiger partial charge in [0.2, 0.25) is 0 Å². The molecule has 4 aliphatic heterocycles. The Morgan fingerprint density at radius 1 is 0.935 bits per heavy atom. The molecule has 2 aromatic carbocycles. The molecule has 156 valence electrons. The monoisotopic (exact) mass is 425 g/mol. The SMILES string of the molecule is S=C(c1ccc(-c2ccccc2)cc1)C12C(c3cccnc3)CNC1C1CCN2CC1. The summed E-state index contributed by atoms with van der Waals surface area (Å²) in [4.78, 5) is 8.24. The number of thiocarbonyl (C=S) groups is 1. The summed E-state index contributed by atoms with van der Waals surface area (Å²) in [5.74, 6) is 1.03. The van der Waals surface area contributed by atoms with Gasteiger partial charge in [-0.05, 0) is 60.2 Å². The molecule has 0 saturated carbocycles. The zero-order chi connectivity index (χ0) is 20.8. The number of nitrogens with one attached hydrogen (secondary N) is 1. The lowest BCUT2D eigenvalue weighted by molar-refractivity contribution is -0.00444. The standard InChI is InChI=1S/C27H27N3S/c31-26(22-10-8-20(9-11-22)19-5-2-1-3-6-19)27-24(23-7-4-14-28-17-23)18-29-25(27)21-12-15-30(27)16-13-21/h1-11,14,17,21,24-25,29H,12-13,15-16,18H2. The molecule has 3 unspecified atom stereocenters. The molecule has 1 N–H and O–H groups in total. The lowest BCUT2D eigenvalue weighted by Crippen LogP contribution is -2.72. The predicted molar refractivity (Wildman–Crippen MR) is 129 cm³/mol.